The van der Waals surface area contributed by atoms with Gasteiger partial charge in [-0.3, -0.25) is 0 Å². The van der Waals surface area contributed by atoms with E-state index in [0.717, 1.165) is 19.3 Å². The van der Waals surface area contributed by atoms with Crippen LogP contribution in [0.5, 0.6) is 0 Å². The second kappa shape index (κ2) is 6.20. The summed E-state index contributed by atoms with van der Waals surface area (Å²) in [5, 5.41) is 10.2. The van der Waals surface area contributed by atoms with Gasteiger partial charge in [0.1, 0.15) is 0 Å². The maximum atomic E-state index is 10.2. The van der Waals surface area contributed by atoms with Crippen LogP contribution >= 0.6 is 0 Å². The van der Waals surface area contributed by atoms with Crippen molar-refractivity contribution in [3.8, 4) is 0 Å². The molecule has 2 atom stereocenters. The topological polar surface area (TPSA) is 20.2 Å². The number of aliphatic hydroxyl groups excluding tert-OH is 1. The van der Waals surface area contributed by atoms with Gasteiger partial charge in [-0.1, -0.05) is 56.9 Å². The van der Waals surface area contributed by atoms with Crippen LogP contribution in [0.1, 0.15) is 62.5 Å². The fourth-order valence-corrected chi connectivity index (χ4v) is 2.94. The highest BCUT2D eigenvalue weighted by molar-refractivity contribution is 5.27. The maximum Gasteiger partial charge on any atom is 0.0608 e. The van der Waals surface area contributed by atoms with Gasteiger partial charge in [0.15, 0.2) is 0 Å². The normalized spacial score (nSPS) is 25.5. The number of rotatable bonds is 3. The second-order valence-corrected chi connectivity index (χ2v) is 5.31. The quantitative estimate of drug-likeness (QED) is 0.780. The molecule has 1 N–H and O–H groups in total. The SMILES string of the molecule is CCCc1cccc(C2CCCCCC2O)c1. The van der Waals surface area contributed by atoms with E-state index >= 15 is 0 Å². The van der Waals surface area contributed by atoms with E-state index < -0.39 is 0 Å². The molecule has 0 heterocycles. The zero-order chi connectivity index (χ0) is 12.1. The van der Waals surface area contributed by atoms with Gasteiger partial charge < -0.3 is 5.11 Å². The van der Waals surface area contributed by atoms with Crippen LogP contribution in [0.3, 0.4) is 0 Å². The Morgan fingerprint density at radius 2 is 2.00 bits per heavy atom. The van der Waals surface area contributed by atoms with Gasteiger partial charge in [0.2, 0.25) is 0 Å². The maximum absolute atomic E-state index is 10.2. The monoisotopic (exact) mass is 232 g/mol. The zero-order valence-corrected chi connectivity index (χ0v) is 10.9. The summed E-state index contributed by atoms with van der Waals surface area (Å²) in [5.41, 5.74) is 2.77. The smallest absolute Gasteiger partial charge is 0.0608 e. The molecule has 17 heavy (non-hydrogen) atoms. The summed E-state index contributed by atoms with van der Waals surface area (Å²) in [6.45, 7) is 2.22. The van der Waals surface area contributed by atoms with E-state index in [2.05, 4.69) is 31.2 Å². The lowest BCUT2D eigenvalue weighted by atomic mass is 9.88. The Kier molecular flexibility index (Phi) is 4.61. The van der Waals surface area contributed by atoms with E-state index in [1.165, 1.54) is 36.8 Å². The van der Waals surface area contributed by atoms with Crippen LogP contribution in [-0.4, -0.2) is 11.2 Å². The fraction of sp³-hybridized carbons (Fsp3) is 0.625. The van der Waals surface area contributed by atoms with Crippen LogP contribution in [0.4, 0.5) is 0 Å². The van der Waals surface area contributed by atoms with Crippen LogP contribution in [0.2, 0.25) is 0 Å². The molecule has 1 nitrogen and oxygen atoms in total. The van der Waals surface area contributed by atoms with Crippen molar-refractivity contribution >= 4 is 0 Å². The Balaban J connectivity index is 2.16. The minimum Gasteiger partial charge on any atom is -0.392 e. The van der Waals surface area contributed by atoms with Gasteiger partial charge in [0.05, 0.1) is 6.10 Å². The van der Waals surface area contributed by atoms with Gasteiger partial charge in [-0.25, -0.2) is 0 Å². The highest BCUT2D eigenvalue weighted by Gasteiger charge is 2.23. The first-order chi connectivity index (χ1) is 8.31. The molecule has 2 rings (SSSR count). The van der Waals surface area contributed by atoms with Crippen molar-refractivity contribution in [3.63, 3.8) is 0 Å². The third kappa shape index (κ3) is 3.32. The Morgan fingerprint density at radius 1 is 1.18 bits per heavy atom. The molecule has 0 spiro atoms. The molecule has 1 aliphatic rings. The van der Waals surface area contributed by atoms with Crippen molar-refractivity contribution < 1.29 is 5.11 Å². The number of aryl methyl sites for hydroxylation is 1. The van der Waals surface area contributed by atoms with Crippen LogP contribution in [0, 0.1) is 0 Å². The summed E-state index contributed by atoms with van der Waals surface area (Å²) < 4.78 is 0. The van der Waals surface area contributed by atoms with E-state index in [9.17, 15) is 5.11 Å². The summed E-state index contributed by atoms with van der Waals surface area (Å²) in [5.74, 6) is 0.370. The molecule has 94 valence electrons. The molecule has 1 aromatic carbocycles. The van der Waals surface area contributed by atoms with Crippen molar-refractivity contribution in [3.05, 3.63) is 35.4 Å². The first-order valence-corrected chi connectivity index (χ1v) is 7.08. The molecule has 2 unspecified atom stereocenters. The number of aliphatic hydroxyl groups is 1. The lowest BCUT2D eigenvalue weighted by molar-refractivity contribution is 0.135. The molecule has 1 heteroatoms. The molecule has 0 aromatic heterocycles. The predicted molar refractivity (Wildman–Crippen MR) is 72.3 cm³/mol. The van der Waals surface area contributed by atoms with E-state index in [1.54, 1.807) is 0 Å². The van der Waals surface area contributed by atoms with Crippen LogP contribution in [0.15, 0.2) is 24.3 Å². The Hall–Kier alpha value is -0.820. The minimum absolute atomic E-state index is 0.130. The largest absolute Gasteiger partial charge is 0.392 e. The molecule has 0 bridgehead atoms. The highest BCUT2D eigenvalue weighted by atomic mass is 16.3. The number of hydrogen-bond donors (Lipinski definition) is 1. The number of hydrogen-bond acceptors (Lipinski definition) is 1. The first-order valence-electron chi connectivity index (χ1n) is 7.08. The van der Waals surface area contributed by atoms with Gasteiger partial charge in [-0.05, 0) is 30.4 Å². The highest BCUT2D eigenvalue weighted by Crippen LogP contribution is 2.32. The molecule has 0 aliphatic heterocycles. The summed E-state index contributed by atoms with van der Waals surface area (Å²) >= 11 is 0. The summed E-state index contributed by atoms with van der Waals surface area (Å²) in [6.07, 6.45) is 8.07. The Bertz CT molecular complexity index is 345. The molecule has 0 saturated heterocycles. The molecule has 1 fully saturated rings. The zero-order valence-electron chi connectivity index (χ0n) is 10.9. The van der Waals surface area contributed by atoms with Crippen molar-refractivity contribution in [1.82, 2.24) is 0 Å². The summed E-state index contributed by atoms with van der Waals surface area (Å²) in [7, 11) is 0. The molecule has 1 saturated carbocycles. The van der Waals surface area contributed by atoms with Crippen molar-refractivity contribution in [1.29, 1.82) is 0 Å². The van der Waals surface area contributed by atoms with Gasteiger partial charge in [0.25, 0.3) is 0 Å². The van der Waals surface area contributed by atoms with Gasteiger partial charge in [-0.15, -0.1) is 0 Å². The van der Waals surface area contributed by atoms with E-state index in [-0.39, 0.29) is 6.10 Å². The molecule has 0 radical (unpaired) electrons. The third-order valence-electron chi connectivity index (χ3n) is 3.90. The minimum atomic E-state index is -0.130. The molecular weight excluding hydrogens is 208 g/mol. The Labute approximate surface area is 105 Å². The lowest BCUT2D eigenvalue weighted by Crippen LogP contribution is -2.16. The van der Waals surface area contributed by atoms with E-state index in [0.29, 0.717) is 5.92 Å². The van der Waals surface area contributed by atoms with Crippen molar-refractivity contribution in [2.24, 2.45) is 0 Å². The molecule has 0 amide bonds. The van der Waals surface area contributed by atoms with Gasteiger partial charge in [0, 0.05) is 5.92 Å². The second-order valence-electron chi connectivity index (χ2n) is 5.31. The molecule has 1 aliphatic carbocycles. The average Bonchev–Trinajstić information content (AvgIpc) is 2.55. The van der Waals surface area contributed by atoms with Crippen LogP contribution < -0.4 is 0 Å². The van der Waals surface area contributed by atoms with Crippen molar-refractivity contribution in [2.75, 3.05) is 0 Å². The first kappa shape index (κ1) is 12.6. The summed E-state index contributed by atoms with van der Waals surface area (Å²) in [6, 6.07) is 8.86. The predicted octanol–water partition coefficient (Wildman–Crippen LogP) is 4.05. The average molecular weight is 232 g/mol. The van der Waals surface area contributed by atoms with E-state index in [1.807, 2.05) is 0 Å². The molecular formula is C16H24O. The Morgan fingerprint density at radius 3 is 2.82 bits per heavy atom. The third-order valence-corrected chi connectivity index (χ3v) is 3.90. The van der Waals surface area contributed by atoms with Gasteiger partial charge in [-0.2, -0.15) is 0 Å². The fourth-order valence-electron chi connectivity index (χ4n) is 2.94. The number of benzene rings is 1. The van der Waals surface area contributed by atoms with Crippen molar-refractivity contribution in [2.45, 2.75) is 63.9 Å². The lowest BCUT2D eigenvalue weighted by Gasteiger charge is -2.21. The standard InChI is InChI=1S/C16H24O/c1-2-7-13-8-6-9-14(12-13)15-10-4-3-5-11-16(15)17/h6,8-9,12,15-17H,2-5,7,10-11H2,1H3. The van der Waals surface area contributed by atoms with Crippen LogP contribution in [-0.2, 0) is 6.42 Å². The van der Waals surface area contributed by atoms with E-state index in [4.69, 9.17) is 0 Å². The molecule has 1 aromatic rings. The van der Waals surface area contributed by atoms with Crippen LogP contribution in [0.25, 0.3) is 0 Å². The summed E-state index contributed by atoms with van der Waals surface area (Å²) in [4.78, 5) is 0. The van der Waals surface area contributed by atoms with Gasteiger partial charge >= 0.3 is 0 Å².